The molecule has 0 unspecified atom stereocenters. The standard InChI is InChI=1S/C26H25N3O4/c1-14(30)15-9-11-17(12-10-15)28-24(32)19-20(25(28)33)22(23(31)26(2,3)4)29-21(19)18-8-6-5-7-16(18)13-27-29/h5-13,19-22H,1-4H3/t19-,20+,21-,22+/m0/s1. The minimum absolute atomic E-state index is 0.0966. The third-order valence-electron chi connectivity index (χ3n) is 6.83. The van der Waals surface area contributed by atoms with Crippen molar-refractivity contribution in [3.63, 3.8) is 0 Å². The van der Waals surface area contributed by atoms with E-state index in [4.69, 9.17) is 0 Å². The highest BCUT2D eigenvalue weighted by Gasteiger charge is 2.66. The second kappa shape index (κ2) is 7.20. The lowest BCUT2D eigenvalue weighted by Gasteiger charge is -2.35. The fourth-order valence-electron chi connectivity index (χ4n) is 5.21. The van der Waals surface area contributed by atoms with Gasteiger partial charge in [0.05, 0.1) is 29.8 Å². The van der Waals surface area contributed by atoms with Gasteiger partial charge in [0.2, 0.25) is 11.8 Å². The molecule has 2 aromatic rings. The van der Waals surface area contributed by atoms with Crippen LogP contribution in [0.25, 0.3) is 0 Å². The normalized spacial score (nSPS) is 25.7. The van der Waals surface area contributed by atoms with Crippen LogP contribution in [0.15, 0.2) is 53.6 Å². The molecule has 168 valence electrons. The molecule has 3 heterocycles. The van der Waals surface area contributed by atoms with Gasteiger partial charge in [-0.05, 0) is 42.3 Å². The lowest BCUT2D eigenvalue weighted by molar-refractivity contribution is -0.136. The Morgan fingerprint density at radius 3 is 2.18 bits per heavy atom. The molecule has 0 bridgehead atoms. The molecule has 0 aromatic heterocycles. The van der Waals surface area contributed by atoms with Crippen LogP contribution in [0.5, 0.6) is 0 Å². The second-order valence-electron chi connectivity index (χ2n) is 9.92. The van der Waals surface area contributed by atoms with Gasteiger partial charge in [0.25, 0.3) is 0 Å². The van der Waals surface area contributed by atoms with Crippen LogP contribution in [-0.2, 0) is 14.4 Å². The van der Waals surface area contributed by atoms with Crippen LogP contribution in [0.1, 0.15) is 55.2 Å². The summed E-state index contributed by atoms with van der Waals surface area (Å²) in [6, 6.07) is 12.8. The summed E-state index contributed by atoms with van der Waals surface area (Å²) >= 11 is 0. The van der Waals surface area contributed by atoms with Crippen LogP contribution in [-0.4, -0.2) is 40.6 Å². The Morgan fingerprint density at radius 2 is 1.55 bits per heavy atom. The SMILES string of the molecule is CC(=O)c1ccc(N2C(=O)[C@@H]3[C@H](C2=O)[C@@H]2c4ccccc4C=NN2[C@H]3C(=O)C(C)(C)C)cc1. The maximum Gasteiger partial charge on any atom is 0.240 e. The molecule has 0 aliphatic carbocycles. The van der Waals surface area contributed by atoms with Crippen molar-refractivity contribution in [3.05, 3.63) is 65.2 Å². The molecular weight excluding hydrogens is 418 g/mol. The van der Waals surface area contributed by atoms with E-state index < -0.39 is 35.2 Å². The van der Waals surface area contributed by atoms with Crippen molar-refractivity contribution in [2.75, 3.05) is 4.90 Å². The van der Waals surface area contributed by atoms with Crippen molar-refractivity contribution in [1.82, 2.24) is 5.01 Å². The van der Waals surface area contributed by atoms with Crippen LogP contribution in [0.2, 0.25) is 0 Å². The molecule has 2 amide bonds. The average Bonchev–Trinajstić information content (AvgIpc) is 3.25. The average molecular weight is 444 g/mol. The fourth-order valence-corrected chi connectivity index (χ4v) is 5.21. The minimum atomic E-state index is -0.831. The van der Waals surface area contributed by atoms with Crippen molar-refractivity contribution in [2.45, 2.75) is 39.8 Å². The molecule has 2 fully saturated rings. The molecule has 0 spiro atoms. The van der Waals surface area contributed by atoms with Gasteiger partial charge in [-0.15, -0.1) is 0 Å². The Hall–Kier alpha value is -3.61. The van der Waals surface area contributed by atoms with Crippen LogP contribution in [0.3, 0.4) is 0 Å². The highest BCUT2D eigenvalue weighted by Crippen LogP contribution is 2.53. The van der Waals surface area contributed by atoms with Gasteiger partial charge in [0.1, 0.15) is 6.04 Å². The van der Waals surface area contributed by atoms with Crippen LogP contribution >= 0.6 is 0 Å². The maximum absolute atomic E-state index is 13.7. The first-order valence-corrected chi connectivity index (χ1v) is 11.1. The Bertz CT molecular complexity index is 1220. The summed E-state index contributed by atoms with van der Waals surface area (Å²) in [4.78, 5) is 53.9. The molecule has 7 heteroatoms. The van der Waals surface area contributed by atoms with Crippen molar-refractivity contribution >= 4 is 35.3 Å². The lowest BCUT2D eigenvalue weighted by Crippen LogP contribution is -2.48. The summed E-state index contributed by atoms with van der Waals surface area (Å²) in [5.41, 5.74) is 1.97. The lowest BCUT2D eigenvalue weighted by atomic mass is 9.79. The molecule has 33 heavy (non-hydrogen) atoms. The third-order valence-corrected chi connectivity index (χ3v) is 6.83. The fraction of sp³-hybridized carbons (Fsp3) is 0.346. The highest BCUT2D eigenvalue weighted by molar-refractivity contribution is 6.24. The summed E-state index contributed by atoms with van der Waals surface area (Å²) < 4.78 is 0. The van der Waals surface area contributed by atoms with Gasteiger partial charge in [-0.2, -0.15) is 5.10 Å². The number of imide groups is 1. The monoisotopic (exact) mass is 443 g/mol. The number of Topliss-reactive ketones (excluding diaryl/α,β-unsaturated/α-hetero) is 2. The molecular formula is C26H25N3O4. The number of fused-ring (bicyclic) bond motifs is 5. The van der Waals surface area contributed by atoms with Gasteiger partial charge in [0.15, 0.2) is 11.6 Å². The molecule has 7 nitrogen and oxygen atoms in total. The third kappa shape index (κ3) is 3.06. The number of hydrazone groups is 1. The van der Waals surface area contributed by atoms with Crippen LogP contribution < -0.4 is 4.90 Å². The number of anilines is 1. The Kier molecular flexibility index (Phi) is 4.64. The summed E-state index contributed by atoms with van der Waals surface area (Å²) in [5.74, 6) is -2.51. The second-order valence-corrected chi connectivity index (χ2v) is 9.92. The van der Waals surface area contributed by atoms with E-state index in [1.165, 1.54) is 11.8 Å². The Balaban J connectivity index is 1.63. The molecule has 2 aromatic carbocycles. The van der Waals surface area contributed by atoms with Gasteiger partial charge in [0, 0.05) is 11.0 Å². The Morgan fingerprint density at radius 1 is 0.909 bits per heavy atom. The molecule has 4 atom stereocenters. The van der Waals surface area contributed by atoms with Gasteiger partial charge in [-0.3, -0.25) is 24.2 Å². The molecule has 0 N–H and O–H groups in total. The van der Waals surface area contributed by atoms with E-state index in [1.54, 1.807) is 35.5 Å². The predicted molar refractivity (Wildman–Crippen MR) is 123 cm³/mol. The van der Waals surface area contributed by atoms with Crippen LogP contribution in [0.4, 0.5) is 5.69 Å². The smallest absolute Gasteiger partial charge is 0.240 e. The number of benzene rings is 2. The first-order chi connectivity index (χ1) is 15.6. The number of hydrogen-bond acceptors (Lipinski definition) is 6. The highest BCUT2D eigenvalue weighted by atomic mass is 16.2. The molecule has 0 saturated carbocycles. The maximum atomic E-state index is 13.7. The number of nitrogens with zero attached hydrogens (tertiary/aromatic N) is 3. The number of carbonyl (C=O) groups is 4. The largest absolute Gasteiger partial charge is 0.297 e. The summed E-state index contributed by atoms with van der Waals surface area (Å²) in [6.07, 6.45) is 1.70. The predicted octanol–water partition coefficient (Wildman–Crippen LogP) is 3.38. The van der Waals surface area contributed by atoms with Gasteiger partial charge in [-0.1, -0.05) is 45.0 Å². The molecule has 2 saturated heterocycles. The van der Waals surface area contributed by atoms with E-state index in [9.17, 15) is 19.2 Å². The molecule has 3 aliphatic rings. The number of carbonyl (C=O) groups excluding carboxylic acids is 4. The van der Waals surface area contributed by atoms with Crippen molar-refractivity contribution < 1.29 is 19.2 Å². The van der Waals surface area contributed by atoms with E-state index in [-0.39, 0.29) is 17.5 Å². The number of amides is 2. The number of ketones is 2. The zero-order chi connectivity index (χ0) is 23.7. The topological polar surface area (TPSA) is 87.1 Å². The van der Waals surface area contributed by atoms with Gasteiger partial charge >= 0.3 is 0 Å². The van der Waals surface area contributed by atoms with Crippen molar-refractivity contribution in [1.29, 1.82) is 0 Å². The van der Waals surface area contributed by atoms with E-state index in [0.717, 1.165) is 11.1 Å². The van der Waals surface area contributed by atoms with Crippen LogP contribution in [0, 0.1) is 17.3 Å². The van der Waals surface area contributed by atoms with Gasteiger partial charge in [-0.25, -0.2) is 4.90 Å². The molecule has 3 aliphatic heterocycles. The molecule has 5 rings (SSSR count). The Labute approximate surface area is 192 Å². The number of rotatable bonds is 3. The zero-order valence-corrected chi connectivity index (χ0v) is 19.0. The van der Waals surface area contributed by atoms with Crippen molar-refractivity contribution in [2.24, 2.45) is 22.4 Å². The molecule has 0 radical (unpaired) electrons. The van der Waals surface area contributed by atoms with E-state index in [2.05, 4.69) is 5.10 Å². The first-order valence-electron chi connectivity index (χ1n) is 11.1. The summed E-state index contributed by atoms with van der Waals surface area (Å²) in [5, 5.41) is 6.23. The summed E-state index contributed by atoms with van der Waals surface area (Å²) in [6.45, 7) is 6.92. The van der Waals surface area contributed by atoms with Gasteiger partial charge < -0.3 is 0 Å². The van der Waals surface area contributed by atoms with E-state index in [1.807, 2.05) is 45.0 Å². The van der Waals surface area contributed by atoms with E-state index >= 15 is 0 Å². The number of hydrogen-bond donors (Lipinski definition) is 0. The van der Waals surface area contributed by atoms with E-state index in [0.29, 0.717) is 11.3 Å². The summed E-state index contributed by atoms with van der Waals surface area (Å²) in [7, 11) is 0. The quantitative estimate of drug-likeness (QED) is 0.536. The first kappa shape index (κ1) is 21.2. The minimum Gasteiger partial charge on any atom is -0.297 e. The zero-order valence-electron chi connectivity index (χ0n) is 19.0. The van der Waals surface area contributed by atoms with Crippen molar-refractivity contribution in [3.8, 4) is 0 Å².